The van der Waals surface area contributed by atoms with Crippen molar-refractivity contribution in [2.24, 2.45) is 5.73 Å². The zero-order chi connectivity index (χ0) is 13.4. The summed E-state index contributed by atoms with van der Waals surface area (Å²) >= 11 is 1.43. The number of amides is 2. The Labute approximate surface area is 111 Å². The number of thioether (sulfide) groups is 1. The number of para-hydroxylation sites is 1. The summed E-state index contributed by atoms with van der Waals surface area (Å²) in [6.45, 7) is 0.790. The maximum Gasteiger partial charge on any atom is 0.253 e. The fraction of sp³-hybridized carbons (Fsp3) is 0.333. The summed E-state index contributed by atoms with van der Waals surface area (Å²) in [6.07, 6.45) is 1.85. The van der Waals surface area contributed by atoms with Gasteiger partial charge in [-0.3, -0.25) is 9.59 Å². The van der Waals surface area contributed by atoms with Gasteiger partial charge in [0.2, 0.25) is 5.91 Å². The molecule has 6 heteroatoms. The summed E-state index contributed by atoms with van der Waals surface area (Å²) in [5.41, 5.74) is 6.29. The zero-order valence-corrected chi connectivity index (χ0v) is 11.0. The molecule has 2 amide bonds. The Bertz CT molecular complexity index is 424. The Balaban J connectivity index is 2.79. The van der Waals surface area contributed by atoms with E-state index in [-0.39, 0.29) is 11.8 Å². The van der Waals surface area contributed by atoms with Crippen molar-refractivity contribution in [2.75, 3.05) is 30.4 Å². The lowest BCUT2D eigenvalue weighted by Crippen LogP contribution is -2.30. The third-order valence-electron chi connectivity index (χ3n) is 2.15. The molecule has 0 saturated carbocycles. The predicted octanol–water partition coefficient (Wildman–Crippen LogP) is 0.677. The van der Waals surface area contributed by atoms with Gasteiger partial charge in [0.1, 0.15) is 0 Å². The number of benzene rings is 1. The highest BCUT2D eigenvalue weighted by Crippen LogP contribution is 2.15. The number of hydrogen-bond acceptors (Lipinski definition) is 4. The summed E-state index contributed by atoms with van der Waals surface area (Å²) in [4.78, 5) is 23.4. The number of carbonyl (C=O) groups is 2. The van der Waals surface area contributed by atoms with Crippen LogP contribution in [0.15, 0.2) is 24.3 Å². The molecule has 0 spiro atoms. The highest BCUT2D eigenvalue weighted by atomic mass is 32.2. The van der Waals surface area contributed by atoms with Gasteiger partial charge in [0.05, 0.1) is 17.0 Å². The molecule has 98 valence electrons. The van der Waals surface area contributed by atoms with E-state index in [2.05, 4.69) is 10.6 Å². The number of carbonyl (C=O) groups excluding carboxylic acids is 2. The molecule has 0 aliphatic heterocycles. The molecule has 18 heavy (non-hydrogen) atoms. The van der Waals surface area contributed by atoms with Gasteiger partial charge in [-0.25, -0.2) is 0 Å². The van der Waals surface area contributed by atoms with Crippen molar-refractivity contribution in [1.82, 2.24) is 5.32 Å². The van der Waals surface area contributed by atoms with E-state index in [9.17, 15) is 9.59 Å². The molecule has 0 unspecified atom stereocenters. The largest absolute Gasteiger partial charge is 0.351 e. The molecule has 1 rings (SSSR count). The first-order chi connectivity index (χ1) is 8.69. The van der Waals surface area contributed by atoms with Gasteiger partial charge in [0.15, 0.2) is 0 Å². The molecule has 0 heterocycles. The normalized spacial score (nSPS) is 9.89. The molecule has 0 bridgehead atoms. The molecule has 1 aromatic carbocycles. The molecular weight excluding hydrogens is 250 g/mol. The van der Waals surface area contributed by atoms with Crippen LogP contribution in [0.5, 0.6) is 0 Å². The number of nitrogens with two attached hydrogens (primary N) is 1. The van der Waals surface area contributed by atoms with Crippen molar-refractivity contribution in [3.05, 3.63) is 29.8 Å². The summed E-state index contributed by atoms with van der Waals surface area (Å²) in [6, 6.07) is 6.89. The SMILES string of the molecule is CSCC(=O)Nc1ccccc1C(=O)NCCN. The van der Waals surface area contributed by atoms with Crippen LogP contribution in [0.3, 0.4) is 0 Å². The van der Waals surface area contributed by atoms with Crippen LogP contribution in [0.1, 0.15) is 10.4 Å². The molecule has 4 N–H and O–H groups in total. The van der Waals surface area contributed by atoms with Crippen molar-refractivity contribution in [3.8, 4) is 0 Å². The lowest BCUT2D eigenvalue weighted by molar-refractivity contribution is -0.113. The van der Waals surface area contributed by atoms with Crippen molar-refractivity contribution in [2.45, 2.75) is 0 Å². The number of hydrogen-bond donors (Lipinski definition) is 3. The van der Waals surface area contributed by atoms with E-state index in [0.717, 1.165) is 0 Å². The Morgan fingerprint density at radius 1 is 1.33 bits per heavy atom. The lowest BCUT2D eigenvalue weighted by atomic mass is 10.1. The van der Waals surface area contributed by atoms with E-state index >= 15 is 0 Å². The van der Waals surface area contributed by atoms with Crippen LogP contribution in [-0.4, -0.2) is 36.9 Å². The second-order valence-electron chi connectivity index (χ2n) is 3.57. The number of anilines is 1. The minimum Gasteiger partial charge on any atom is -0.351 e. The van der Waals surface area contributed by atoms with Crippen LogP contribution < -0.4 is 16.4 Å². The van der Waals surface area contributed by atoms with E-state index < -0.39 is 0 Å². The van der Waals surface area contributed by atoms with Gasteiger partial charge in [0.25, 0.3) is 5.91 Å². The zero-order valence-electron chi connectivity index (χ0n) is 10.2. The highest BCUT2D eigenvalue weighted by Gasteiger charge is 2.11. The molecule has 0 saturated heterocycles. The third kappa shape index (κ3) is 4.38. The molecule has 0 aliphatic rings. The summed E-state index contributed by atoms with van der Waals surface area (Å²) in [7, 11) is 0. The van der Waals surface area contributed by atoms with Crippen LogP contribution in [0, 0.1) is 0 Å². The number of nitrogens with one attached hydrogen (secondary N) is 2. The van der Waals surface area contributed by atoms with Crippen molar-refractivity contribution >= 4 is 29.3 Å². The Hall–Kier alpha value is -1.53. The minimum absolute atomic E-state index is 0.124. The van der Waals surface area contributed by atoms with E-state index in [4.69, 9.17) is 5.73 Å². The predicted molar refractivity (Wildman–Crippen MR) is 74.8 cm³/mol. The number of rotatable bonds is 6. The lowest BCUT2D eigenvalue weighted by Gasteiger charge is -2.10. The van der Waals surface area contributed by atoms with E-state index in [1.165, 1.54) is 11.8 Å². The minimum atomic E-state index is -0.236. The van der Waals surface area contributed by atoms with Crippen molar-refractivity contribution < 1.29 is 9.59 Å². The summed E-state index contributed by atoms with van der Waals surface area (Å²) < 4.78 is 0. The topological polar surface area (TPSA) is 84.2 Å². The second-order valence-corrected chi connectivity index (χ2v) is 4.44. The quantitative estimate of drug-likeness (QED) is 0.707. The van der Waals surface area contributed by atoms with Crippen molar-refractivity contribution in [1.29, 1.82) is 0 Å². The van der Waals surface area contributed by atoms with Gasteiger partial charge < -0.3 is 16.4 Å². The molecule has 0 aliphatic carbocycles. The van der Waals surface area contributed by atoms with E-state index in [0.29, 0.717) is 30.1 Å². The molecule has 0 radical (unpaired) electrons. The van der Waals surface area contributed by atoms with Gasteiger partial charge in [-0.2, -0.15) is 11.8 Å². The third-order valence-corrected chi connectivity index (χ3v) is 2.70. The van der Waals surface area contributed by atoms with Gasteiger partial charge in [0, 0.05) is 13.1 Å². The molecular formula is C12H17N3O2S. The monoisotopic (exact) mass is 267 g/mol. The average molecular weight is 267 g/mol. The molecule has 5 nitrogen and oxygen atoms in total. The van der Waals surface area contributed by atoms with Gasteiger partial charge in [-0.15, -0.1) is 0 Å². The fourth-order valence-corrected chi connectivity index (χ4v) is 1.72. The van der Waals surface area contributed by atoms with Gasteiger partial charge >= 0.3 is 0 Å². The van der Waals surface area contributed by atoms with Crippen molar-refractivity contribution in [3.63, 3.8) is 0 Å². The van der Waals surface area contributed by atoms with Crippen LogP contribution in [0.4, 0.5) is 5.69 Å². The summed E-state index contributed by atoms with van der Waals surface area (Å²) in [5, 5.41) is 5.39. The van der Waals surface area contributed by atoms with Crippen LogP contribution in [-0.2, 0) is 4.79 Å². The highest BCUT2D eigenvalue weighted by molar-refractivity contribution is 7.99. The summed E-state index contributed by atoms with van der Waals surface area (Å²) in [5.74, 6) is 0.000686. The fourth-order valence-electron chi connectivity index (χ4n) is 1.39. The van der Waals surface area contributed by atoms with Gasteiger partial charge in [-0.05, 0) is 18.4 Å². The molecule has 0 aromatic heterocycles. The molecule has 0 atom stereocenters. The smallest absolute Gasteiger partial charge is 0.253 e. The Morgan fingerprint density at radius 2 is 2.06 bits per heavy atom. The first kappa shape index (κ1) is 14.5. The van der Waals surface area contributed by atoms with E-state index in [1.807, 2.05) is 6.26 Å². The maximum absolute atomic E-state index is 11.8. The van der Waals surface area contributed by atoms with E-state index in [1.54, 1.807) is 24.3 Å². The maximum atomic E-state index is 11.8. The average Bonchev–Trinajstić information content (AvgIpc) is 2.37. The Morgan fingerprint density at radius 3 is 2.72 bits per heavy atom. The van der Waals surface area contributed by atoms with Gasteiger partial charge in [-0.1, -0.05) is 12.1 Å². The first-order valence-corrected chi connectivity index (χ1v) is 6.94. The van der Waals surface area contributed by atoms with Crippen LogP contribution >= 0.6 is 11.8 Å². The molecule has 0 fully saturated rings. The first-order valence-electron chi connectivity index (χ1n) is 5.55. The molecule has 1 aromatic rings. The van der Waals surface area contributed by atoms with Crippen LogP contribution in [0.25, 0.3) is 0 Å². The second kappa shape index (κ2) is 7.73. The Kier molecular flexibility index (Phi) is 6.24. The standard InChI is InChI=1S/C12H17N3O2S/c1-18-8-11(16)15-10-5-3-2-4-9(10)12(17)14-7-6-13/h2-5H,6-8,13H2,1H3,(H,14,17)(H,15,16). The van der Waals surface area contributed by atoms with Crippen LogP contribution in [0.2, 0.25) is 0 Å².